The topological polar surface area (TPSA) is 125 Å². The van der Waals surface area contributed by atoms with Gasteiger partial charge >= 0.3 is 0 Å². The number of methoxy groups -OCH3 is 1. The lowest BCUT2D eigenvalue weighted by Gasteiger charge is -2.31. The molecule has 11 heteroatoms. The minimum Gasteiger partial charge on any atom is -0.495 e. The Balaban J connectivity index is 0.00000264. The molecule has 0 spiro atoms. The van der Waals surface area contributed by atoms with Crippen LogP contribution in [-0.2, 0) is 14.8 Å². The highest BCUT2D eigenvalue weighted by atomic mass is 35.5. The van der Waals surface area contributed by atoms with Crippen LogP contribution >= 0.6 is 12.4 Å². The van der Waals surface area contributed by atoms with Crippen LogP contribution in [0.5, 0.6) is 5.75 Å². The lowest BCUT2D eigenvalue weighted by atomic mass is 10.3. The largest absolute Gasteiger partial charge is 0.495 e. The summed E-state index contributed by atoms with van der Waals surface area (Å²) in [6, 6.07) is 3.41. The van der Waals surface area contributed by atoms with E-state index in [1.807, 2.05) is 0 Å². The van der Waals surface area contributed by atoms with Crippen LogP contribution in [-0.4, -0.2) is 57.1 Å². The molecule has 1 heterocycles. The zero-order valence-electron chi connectivity index (χ0n) is 12.4. The van der Waals surface area contributed by atoms with Gasteiger partial charge in [0, 0.05) is 25.7 Å². The number of hydrogen-bond donors (Lipinski definition) is 1. The van der Waals surface area contributed by atoms with Crippen molar-refractivity contribution in [3.8, 4) is 5.75 Å². The molecule has 0 amide bonds. The molecule has 2 N–H and O–H groups in total. The van der Waals surface area contributed by atoms with Crippen LogP contribution in [0.1, 0.15) is 0 Å². The minimum atomic E-state index is -3.84. The second kappa shape index (κ2) is 7.88. The average molecular weight is 368 g/mol. The van der Waals surface area contributed by atoms with E-state index in [2.05, 4.69) is 0 Å². The number of halogens is 1. The Kier molecular flexibility index (Phi) is 6.71. The highest BCUT2D eigenvalue weighted by molar-refractivity contribution is 7.89. The summed E-state index contributed by atoms with van der Waals surface area (Å²) >= 11 is 0. The molecule has 1 unspecified atom stereocenters. The molecule has 0 aliphatic carbocycles. The van der Waals surface area contributed by atoms with Crippen LogP contribution in [0.25, 0.3) is 0 Å². The lowest BCUT2D eigenvalue weighted by molar-refractivity contribution is -0.385. The van der Waals surface area contributed by atoms with Crippen molar-refractivity contribution in [3.05, 3.63) is 28.3 Å². The first-order valence-corrected chi connectivity index (χ1v) is 7.98. The molecular formula is C12H18ClN3O6S. The maximum Gasteiger partial charge on any atom is 0.273 e. The second-order valence-corrected chi connectivity index (χ2v) is 6.59. The van der Waals surface area contributed by atoms with Crippen LogP contribution in [0.3, 0.4) is 0 Å². The molecule has 1 aliphatic heterocycles. The Morgan fingerprint density at radius 2 is 2.22 bits per heavy atom. The summed E-state index contributed by atoms with van der Waals surface area (Å²) in [4.78, 5) is 10.0. The molecule has 0 bridgehead atoms. The van der Waals surface area contributed by atoms with E-state index in [1.165, 1.54) is 17.5 Å². The van der Waals surface area contributed by atoms with Gasteiger partial charge in [0.05, 0.1) is 30.8 Å². The van der Waals surface area contributed by atoms with Crippen molar-refractivity contribution in [3.63, 3.8) is 0 Å². The van der Waals surface area contributed by atoms with E-state index >= 15 is 0 Å². The number of rotatable bonds is 5. The fourth-order valence-electron chi connectivity index (χ4n) is 2.18. The summed E-state index contributed by atoms with van der Waals surface area (Å²) in [5.41, 5.74) is 5.27. The van der Waals surface area contributed by atoms with Gasteiger partial charge in [-0.15, -0.1) is 12.4 Å². The van der Waals surface area contributed by atoms with Crippen LogP contribution in [0.4, 0.5) is 5.69 Å². The zero-order chi connectivity index (χ0) is 16.3. The number of nitro groups is 1. The number of benzene rings is 1. The highest BCUT2D eigenvalue weighted by Gasteiger charge is 2.33. The first kappa shape index (κ1) is 19.6. The molecule has 1 aromatic rings. The van der Waals surface area contributed by atoms with Gasteiger partial charge in [-0.2, -0.15) is 4.31 Å². The van der Waals surface area contributed by atoms with E-state index in [9.17, 15) is 18.5 Å². The molecule has 1 saturated heterocycles. The van der Waals surface area contributed by atoms with Crippen molar-refractivity contribution in [2.75, 3.05) is 33.4 Å². The van der Waals surface area contributed by atoms with Crippen molar-refractivity contribution < 1.29 is 22.8 Å². The van der Waals surface area contributed by atoms with Gasteiger partial charge in [-0.25, -0.2) is 8.42 Å². The quantitative estimate of drug-likeness (QED) is 0.588. The third-order valence-corrected chi connectivity index (χ3v) is 5.24. The van der Waals surface area contributed by atoms with Crippen LogP contribution in [0, 0.1) is 10.1 Å². The summed E-state index contributed by atoms with van der Waals surface area (Å²) in [6.45, 7) is 0.789. The van der Waals surface area contributed by atoms with Crippen molar-refractivity contribution in [1.82, 2.24) is 4.31 Å². The van der Waals surface area contributed by atoms with Gasteiger partial charge in [-0.3, -0.25) is 10.1 Å². The predicted molar refractivity (Wildman–Crippen MR) is 84.4 cm³/mol. The van der Waals surface area contributed by atoms with Crippen molar-refractivity contribution in [2.24, 2.45) is 5.73 Å². The molecule has 1 aliphatic rings. The third-order valence-electron chi connectivity index (χ3n) is 3.34. The smallest absolute Gasteiger partial charge is 0.273 e. The van der Waals surface area contributed by atoms with E-state index in [-0.39, 0.29) is 61.1 Å². The normalized spacial score (nSPS) is 19.0. The Morgan fingerprint density at radius 1 is 1.52 bits per heavy atom. The number of nitro benzene ring substituents is 1. The molecule has 0 aromatic heterocycles. The molecule has 130 valence electrons. The van der Waals surface area contributed by atoms with E-state index in [0.29, 0.717) is 0 Å². The maximum absolute atomic E-state index is 12.7. The van der Waals surface area contributed by atoms with E-state index in [1.54, 1.807) is 0 Å². The monoisotopic (exact) mass is 367 g/mol. The minimum absolute atomic E-state index is 0. The number of nitrogens with two attached hydrogens (primary N) is 1. The van der Waals surface area contributed by atoms with E-state index < -0.39 is 14.9 Å². The Hall–Kier alpha value is -1.46. The van der Waals surface area contributed by atoms with Crippen molar-refractivity contribution in [2.45, 2.75) is 11.0 Å². The van der Waals surface area contributed by atoms with Gasteiger partial charge in [-0.05, 0) is 6.07 Å². The lowest BCUT2D eigenvalue weighted by Crippen LogP contribution is -2.48. The average Bonchev–Trinajstić information content (AvgIpc) is 2.54. The Bertz CT molecular complexity index is 669. The molecule has 1 atom stereocenters. The third kappa shape index (κ3) is 4.09. The summed E-state index contributed by atoms with van der Waals surface area (Å²) < 4.78 is 37.0. The van der Waals surface area contributed by atoms with Gasteiger partial charge < -0.3 is 15.2 Å². The number of morpholine rings is 1. The summed E-state index contributed by atoms with van der Waals surface area (Å²) in [6.07, 6.45) is -0.368. The molecular weight excluding hydrogens is 350 g/mol. The van der Waals surface area contributed by atoms with Gasteiger partial charge in [0.25, 0.3) is 5.69 Å². The molecule has 1 fully saturated rings. The molecule has 0 saturated carbocycles. The first-order chi connectivity index (χ1) is 10.4. The molecule has 9 nitrogen and oxygen atoms in total. The molecule has 0 radical (unpaired) electrons. The molecule has 1 aromatic carbocycles. The number of hydrogen-bond acceptors (Lipinski definition) is 7. The van der Waals surface area contributed by atoms with Gasteiger partial charge in [0.15, 0.2) is 0 Å². The van der Waals surface area contributed by atoms with Crippen LogP contribution in [0.2, 0.25) is 0 Å². The van der Waals surface area contributed by atoms with Crippen molar-refractivity contribution >= 4 is 28.1 Å². The van der Waals surface area contributed by atoms with Crippen LogP contribution < -0.4 is 10.5 Å². The predicted octanol–water partition coefficient (Wildman–Crippen LogP) is 0.373. The van der Waals surface area contributed by atoms with E-state index in [0.717, 1.165) is 12.1 Å². The second-order valence-electron chi connectivity index (χ2n) is 4.68. The zero-order valence-corrected chi connectivity index (χ0v) is 14.0. The Morgan fingerprint density at radius 3 is 2.78 bits per heavy atom. The Labute approximate surface area is 140 Å². The SMILES string of the molecule is COc1cc([N+](=O)[O-])ccc1S(=O)(=O)N1CCOC(CN)C1.Cl. The molecule has 2 rings (SSSR count). The van der Waals surface area contributed by atoms with E-state index in [4.69, 9.17) is 15.2 Å². The van der Waals surface area contributed by atoms with Crippen molar-refractivity contribution in [1.29, 1.82) is 0 Å². The number of non-ortho nitro benzene ring substituents is 1. The number of nitrogens with zero attached hydrogens (tertiary/aromatic N) is 2. The van der Waals surface area contributed by atoms with Gasteiger partial charge in [0.1, 0.15) is 10.6 Å². The number of ether oxygens (including phenoxy) is 2. The van der Waals surface area contributed by atoms with Gasteiger partial charge in [-0.1, -0.05) is 0 Å². The van der Waals surface area contributed by atoms with Gasteiger partial charge in [0.2, 0.25) is 10.0 Å². The summed E-state index contributed by atoms with van der Waals surface area (Å²) in [7, 11) is -2.58. The fourth-order valence-corrected chi connectivity index (χ4v) is 3.77. The first-order valence-electron chi connectivity index (χ1n) is 6.54. The molecule has 23 heavy (non-hydrogen) atoms. The fraction of sp³-hybridized carbons (Fsp3) is 0.500. The highest BCUT2D eigenvalue weighted by Crippen LogP contribution is 2.31. The summed E-state index contributed by atoms with van der Waals surface area (Å²) in [5, 5.41) is 10.8. The van der Waals surface area contributed by atoms with Crippen LogP contribution in [0.15, 0.2) is 23.1 Å². The standard InChI is InChI=1S/C12H17N3O6S.ClH/c1-20-11-6-9(15(16)17)2-3-12(11)22(18,19)14-4-5-21-10(7-13)8-14;/h2-3,6,10H,4-5,7-8,13H2,1H3;1H. The summed E-state index contributed by atoms with van der Waals surface area (Å²) in [5.74, 6) is -0.0648. The number of sulfonamides is 1. The maximum atomic E-state index is 12.7.